The van der Waals surface area contributed by atoms with E-state index >= 15 is 0 Å². The molecule has 0 radical (unpaired) electrons. The summed E-state index contributed by atoms with van der Waals surface area (Å²) >= 11 is 0. The van der Waals surface area contributed by atoms with Crippen LogP contribution in [0.3, 0.4) is 0 Å². The summed E-state index contributed by atoms with van der Waals surface area (Å²) in [5.74, 6) is -0.539. The van der Waals surface area contributed by atoms with Crippen molar-refractivity contribution in [1.82, 2.24) is 9.96 Å². The molecule has 2 amide bonds. The molecule has 1 aromatic rings. The molecule has 2 saturated heterocycles. The third-order valence-electron chi connectivity index (χ3n) is 6.20. The Balaban J connectivity index is 1.48. The van der Waals surface area contributed by atoms with Gasteiger partial charge in [-0.1, -0.05) is 12.5 Å². The van der Waals surface area contributed by atoms with Crippen LogP contribution in [-0.2, 0) is 9.63 Å². The number of hydrogen-bond acceptors (Lipinski definition) is 3. The third-order valence-corrected chi connectivity index (χ3v) is 6.20. The summed E-state index contributed by atoms with van der Waals surface area (Å²) in [6, 6.07) is 5.83. The van der Waals surface area contributed by atoms with E-state index in [0.29, 0.717) is 31.8 Å². The SMILES string of the molecule is O=C(c1cccc(F)c1)N1CC[C@]2(CCC[C@H]2C(=O)N2CCCCO2)C1. The zero-order valence-electron chi connectivity index (χ0n) is 15.0. The topological polar surface area (TPSA) is 49.9 Å². The molecule has 5 nitrogen and oxygen atoms in total. The number of likely N-dealkylation sites (tertiary alicyclic amines) is 1. The van der Waals surface area contributed by atoms with Gasteiger partial charge in [-0.15, -0.1) is 0 Å². The lowest BCUT2D eigenvalue weighted by Gasteiger charge is -2.35. The van der Waals surface area contributed by atoms with E-state index in [2.05, 4.69) is 0 Å². The Morgan fingerprint density at radius 1 is 1.15 bits per heavy atom. The number of nitrogens with zero attached hydrogens (tertiary/aromatic N) is 2. The summed E-state index contributed by atoms with van der Waals surface area (Å²) in [6.07, 6.45) is 5.64. The average molecular weight is 360 g/mol. The first-order valence-corrected chi connectivity index (χ1v) is 9.58. The molecule has 1 aliphatic carbocycles. The second-order valence-electron chi connectivity index (χ2n) is 7.77. The van der Waals surface area contributed by atoms with Gasteiger partial charge in [0.1, 0.15) is 5.82 Å². The highest BCUT2D eigenvalue weighted by atomic mass is 19.1. The van der Waals surface area contributed by atoms with Crippen LogP contribution >= 0.6 is 0 Å². The molecule has 2 aliphatic heterocycles. The summed E-state index contributed by atoms with van der Waals surface area (Å²) in [5, 5.41) is 1.55. The largest absolute Gasteiger partial charge is 0.338 e. The summed E-state index contributed by atoms with van der Waals surface area (Å²) in [5.41, 5.74) is 0.225. The van der Waals surface area contributed by atoms with E-state index in [1.165, 1.54) is 12.1 Å². The van der Waals surface area contributed by atoms with Crippen molar-refractivity contribution < 1.29 is 18.8 Å². The maximum atomic E-state index is 13.4. The zero-order valence-corrected chi connectivity index (χ0v) is 15.0. The third kappa shape index (κ3) is 3.11. The summed E-state index contributed by atoms with van der Waals surface area (Å²) in [6.45, 7) is 2.47. The molecule has 0 unspecified atom stereocenters. The van der Waals surface area contributed by atoms with Crippen molar-refractivity contribution in [2.24, 2.45) is 11.3 Å². The quantitative estimate of drug-likeness (QED) is 0.815. The zero-order chi connectivity index (χ0) is 18.1. The van der Waals surface area contributed by atoms with Crippen molar-refractivity contribution in [2.45, 2.75) is 38.5 Å². The lowest BCUT2D eigenvalue weighted by atomic mass is 9.76. The van der Waals surface area contributed by atoms with Crippen molar-refractivity contribution in [3.05, 3.63) is 35.6 Å². The highest BCUT2D eigenvalue weighted by molar-refractivity contribution is 5.94. The molecule has 2 heterocycles. The normalized spacial score (nSPS) is 28.7. The maximum Gasteiger partial charge on any atom is 0.253 e. The summed E-state index contributed by atoms with van der Waals surface area (Å²) in [7, 11) is 0. The Bertz CT molecular complexity index is 704. The minimum atomic E-state index is -0.402. The predicted molar refractivity (Wildman–Crippen MR) is 93.6 cm³/mol. The molecule has 1 aromatic carbocycles. The van der Waals surface area contributed by atoms with Crippen LogP contribution < -0.4 is 0 Å². The molecule has 3 aliphatic rings. The smallest absolute Gasteiger partial charge is 0.253 e. The second-order valence-corrected chi connectivity index (χ2v) is 7.77. The number of hydroxylamine groups is 2. The molecule has 0 N–H and O–H groups in total. The van der Waals surface area contributed by atoms with Crippen LogP contribution in [0.15, 0.2) is 24.3 Å². The van der Waals surface area contributed by atoms with Gasteiger partial charge in [0, 0.05) is 36.5 Å². The summed E-state index contributed by atoms with van der Waals surface area (Å²) in [4.78, 5) is 33.1. The van der Waals surface area contributed by atoms with Crippen molar-refractivity contribution in [3.8, 4) is 0 Å². The molecular weight excluding hydrogens is 335 g/mol. The first kappa shape index (κ1) is 17.5. The standard InChI is InChI=1S/C20H25FN2O3/c21-16-6-3-5-15(13-16)18(24)22-11-9-20(14-22)8-4-7-17(20)19(25)23-10-1-2-12-26-23/h3,5-6,13,17H,1-2,4,7-12,14H2/t17-,20+/m0/s1. The monoisotopic (exact) mass is 360 g/mol. The van der Waals surface area contributed by atoms with E-state index in [1.807, 2.05) is 0 Å². The molecule has 26 heavy (non-hydrogen) atoms. The highest BCUT2D eigenvalue weighted by Gasteiger charge is 2.52. The molecule has 2 atom stereocenters. The van der Waals surface area contributed by atoms with Gasteiger partial charge >= 0.3 is 0 Å². The minimum Gasteiger partial charge on any atom is -0.338 e. The molecule has 1 saturated carbocycles. The van der Waals surface area contributed by atoms with E-state index in [0.717, 1.165) is 38.5 Å². The average Bonchev–Trinajstić information content (AvgIpc) is 3.28. The lowest BCUT2D eigenvalue weighted by molar-refractivity contribution is -0.204. The van der Waals surface area contributed by atoms with E-state index in [9.17, 15) is 14.0 Å². The molecule has 0 bridgehead atoms. The van der Waals surface area contributed by atoms with E-state index < -0.39 is 5.82 Å². The number of hydrogen-bond donors (Lipinski definition) is 0. The van der Waals surface area contributed by atoms with Crippen LogP contribution in [0.1, 0.15) is 48.9 Å². The molecule has 0 aromatic heterocycles. The van der Waals surface area contributed by atoms with Gasteiger partial charge in [0.15, 0.2) is 0 Å². The van der Waals surface area contributed by atoms with Crippen LogP contribution in [0.4, 0.5) is 4.39 Å². The molecule has 1 spiro atoms. The first-order valence-electron chi connectivity index (χ1n) is 9.58. The highest BCUT2D eigenvalue weighted by Crippen LogP contribution is 2.50. The van der Waals surface area contributed by atoms with E-state index in [-0.39, 0.29) is 23.1 Å². The Hall–Kier alpha value is -1.95. The fourth-order valence-electron chi connectivity index (χ4n) is 4.83. The maximum absolute atomic E-state index is 13.4. The number of benzene rings is 1. The Labute approximate surface area is 153 Å². The Morgan fingerprint density at radius 2 is 2.04 bits per heavy atom. The summed E-state index contributed by atoms with van der Waals surface area (Å²) < 4.78 is 13.4. The lowest BCUT2D eigenvalue weighted by Crippen LogP contribution is -2.45. The molecule has 4 rings (SSSR count). The fraction of sp³-hybridized carbons (Fsp3) is 0.600. The number of carbonyl (C=O) groups is 2. The van der Waals surface area contributed by atoms with Gasteiger partial charge in [-0.25, -0.2) is 9.45 Å². The van der Waals surface area contributed by atoms with Crippen molar-refractivity contribution in [1.29, 1.82) is 0 Å². The van der Waals surface area contributed by atoms with Gasteiger partial charge in [-0.2, -0.15) is 0 Å². The van der Waals surface area contributed by atoms with Crippen LogP contribution in [0.2, 0.25) is 0 Å². The van der Waals surface area contributed by atoms with Crippen molar-refractivity contribution in [3.63, 3.8) is 0 Å². The number of rotatable bonds is 2. The first-order chi connectivity index (χ1) is 12.6. The predicted octanol–water partition coefficient (Wildman–Crippen LogP) is 3.01. The van der Waals surface area contributed by atoms with Gasteiger partial charge in [0.25, 0.3) is 5.91 Å². The van der Waals surface area contributed by atoms with Gasteiger partial charge in [0.2, 0.25) is 5.91 Å². The Kier molecular flexibility index (Phi) is 4.69. The molecule has 140 valence electrons. The van der Waals surface area contributed by atoms with E-state index in [4.69, 9.17) is 4.84 Å². The van der Waals surface area contributed by atoms with Crippen LogP contribution in [0.25, 0.3) is 0 Å². The second kappa shape index (κ2) is 6.99. The minimum absolute atomic E-state index is 0.0779. The van der Waals surface area contributed by atoms with Crippen molar-refractivity contribution >= 4 is 11.8 Å². The van der Waals surface area contributed by atoms with Crippen LogP contribution in [0.5, 0.6) is 0 Å². The molecular formula is C20H25FN2O3. The Morgan fingerprint density at radius 3 is 2.81 bits per heavy atom. The van der Waals surface area contributed by atoms with Crippen LogP contribution in [-0.4, -0.2) is 48.0 Å². The van der Waals surface area contributed by atoms with Gasteiger partial charge in [-0.05, 0) is 50.3 Å². The number of carbonyl (C=O) groups excluding carboxylic acids is 2. The number of halogens is 1. The number of amides is 2. The molecule has 6 heteroatoms. The van der Waals surface area contributed by atoms with E-state index in [1.54, 1.807) is 22.1 Å². The molecule has 3 fully saturated rings. The van der Waals surface area contributed by atoms with Gasteiger partial charge in [0.05, 0.1) is 6.61 Å². The van der Waals surface area contributed by atoms with Crippen LogP contribution in [0, 0.1) is 17.2 Å². The van der Waals surface area contributed by atoms with Gasteiger partial charge in [-0.3, -0.25) is 14.4 Å². The van der Waals surface area contributed by atoms with Gasteiger partial charge < -0.3 is 4.90 Å². The van der Waals surface area contributed by atoms with Crippen molar-refractivity contribution in [2.75, 3.05) is 26.2 Å². The fourth-order valence-corrected chi connectivity index (χ4v) is 4.83.